The fourth-order valence-electron chi connectivity index (χ4n) is 3.55. The van der Waals surface area contributed by atoms with Gasteiger partial charge in [-0.15, -0.1) is 0 Å². The van der Waals surface area contributed by atoms with Gasteiger partial charge in [0.05, 0.1) is 0 Å². The van der Waals surface area contributed by atoms with E-state index in [2.05, 4.69) is 20.6 Å². The lowest BCUT2D eigenvalue weighted by atomic mass is 10.2. The third kappa shape index (κ3) is 3.73. The summed E-state index contributed by atoms with van der Waals surface area (Å²) < 4.78 is 6.06. The van der Waals surface area contributed by atoms with Crippen LogP contribution in [0.1, 0.15) is 23.7 Å². The van der Waals surface area contributed by atoms with Crippen LogP contribution < -0.4 is 25.2 Å². The van der Waals surface area contributed by atoms with Crippen molar-refractivity contribution >= 4 is 23.4 Å². The first-order valence-electron chi connectivity index (χ1n) is 9.77. The van der Waals surface area contributed by atoms with E-state index in [1.807, 2.05) is 43.1 Å². The van der Waals surface area contributed by atoms with Crippen molar-refractivity contribution in [2.24, 2.45) is 0 Å². The SMILES string of the molecule is CCNc1ncc2c(n1)N(C)CCN(c1cccc(OC3CCNC3)c1)C2=O. The number of aromatic nitrogens is 2. The van der Waals surface area contributed by atoms with Gasteiger partial charge in [-0.1, -0.05) is 6.07 Å². The van der Waals surface area contributed by atoms with Crippen LogP contribution in [0, 0.1) is 0 Å². The van der Waals surface area contributed by atoms with Crippen LogP contribution in [0.5, 0.6) is 5.75 Å². The number of amides is 1. The summed E-state index contributed by atoms with van der Waals surface area (Å²) in [6, 6.07) is 7.75. The molecule has 0 bridgehead atoms. The van der Waals surface area contributed by atoms with Crippen molar-refractivity contribution in [1.29, 1.82) is 0 Å². The summed E-state index contributed by atoms with van der Waals surface area (Å²) in [6.07, 6.45) is 2.79. The highest BCUT2D eigenvalue weighted by molar-refractivity contribution is 6.09. The highest BCUT2D eigenvalue weighted by Gasteiger charge is 2.28. The first-order valence-corrected chi connectivity index (χ1v) is 9.77. The fourth-order valence-corrected chi connectivity index (χ4v) is 3.55. The molecule has 28 heavy (non-hydrogen) atoms. The number of ether oxygens (including phenoxy) is 1. The Balaban J connectivity index is 1.61. The van der Waals surface area contributed by atoms with Gasteiger partial charge in [-0.05, 0) is 32.0 Å². The molecule has 148 valence electrons. The summed E-state index contributed by atoms with van der Waals surface area (Å²) >= 11 is 0. The molecule has 3 heterocycles. The van der Waals surface area contributed by atoms with Gasteiger partial charge in [-0.3, -0.25) is 4.79 Å². The van der Waals surface area contributed by atoms with E-state index >= 15 is 0 Å². The maximum absolute atomic E-state index is 13.3. The molecule has 2 aromatic rings. The van der Waals surface area contributed by atoms with Crippen LogP contribution in [0.3, 0.4) is 0 Å². The lowest BCUT2D eigenvalue weighted by Crippen LogP contribution is -2.33. The molecule has 1 saturated heterocycles. The Labute approximate surface area is 164 Å². The molecule has 0 spiro atoms. The van der Waals surface area contributed by atoms with E-state index < -0.39 is 0 Å². The van der Waals surface area contributed by atoms with Crippen molar-refractivity contribution in [2.75, 3.05) is 54.9 Å². The molecule has 0 radical (unpaired) electrons. The predicted molar refractivity (Wildman–Crippen MR) is 109 cm³/mol. The van der Waals surface area contributed by atoms with Crippen LogP contribution >= 0.6 is 0 Å². The number of hydrogen-bond acceptors (Lipinski definition) is 7. The Morgan fingerprint density at radius 1 is 1.36 bits per heavy atom. The first-order chi connectivity index (χ1) is 13.7. The molecule has 1 amide bonds. The van der Waals surface area contributed by atoms with E-state index in [4.69, 9.17) is 4.74 Å². The molecule has 2 aliphatic rings. The summed E-state index contributed by atoms with van der Waals surface area (Å²) in [7, 11) is 1.95. The number of likely N-dealkylation sites (N-methyl/N-ethyl adjacent to an activating group) is 1. The number of rotatable bonds is 5. The first kappa shape index (κ1) is 18.5. The van der Waals surface area contributed by atoms with Crippen molar-refractivity contribution in [2.45, 2.75) is 19.4 Å². The second-order valence-electron chi connectivity index (χ2n) is 7.07. The van der Waals surface area contributed by atoms with Crippen LogP contribution in [0.4, 0.5) is 17.5 Å². The van der Waals surface area contributed by atoms with E-state index in [-0.39, 0.29) is 12.0 Å². The molecule has 1 aromatic carbocycles. The van der Waals surface area contributed by atoms with Crippen molar-refractivity contribution in [3.05, 3.63) is 36.0 Å². The second kappa shape index (κ2) is 8.02. The van der Waals surface area contributed by atoms with Gasteiger partial charge in [0.15, 0.2) is 0 Å². The molecule has 1 aromatic heterocycles. The van der Waals surface area contributed by atoms with Crippen LogP contribution in [-0.2, 0) is 0 Å². The van der Waals surface area contributed by atoms with Gasteiger partial charge in [0, 0.05) is 51.2 Å². The van der Waals surface area contributed by atoms with E-state index in [0.717, 1.165) is 37.5 Å². The molecule has 2 aliphatic heterocycles. The predicted octanol–water partition coefficient (Wildman–Crippen LogP) is 1.75. The number of anilines is 3. The zero-order valence-electron chi connectivity index (χ0n) is 16.3. The van der Waals surface area contributed by atoms with E-state index in [1.54, 1.807) is 11.1 Å². The Kier molecular flexibility index (Phi) is 5.29. The van der Waals surface area contributed by atoms with E-state index in [0.29, 0.717) is 30.4 Å². The molecule has 1 unspecified atom stereocenters. The average Bonchev–Trinajstić information content (AvgIpc) is 3.17. The minimum Gasteiger partial charge on any atom is -0.489 e. The van der Waals surface area contributed by atoms with Gasteiger partial charge in [0.1, 0.15) is 23.2 Å². The Morgan fingerprint density at radius 2 is 2.25 bits per heavy atom. The van der Waals surface area contributed by atoms with Crippen molar-refractivity contribution in [1.82, 2.24) is 15.3 Å². The zero-order chi connectivity index (χ0) is 19.5. The summed E-state index contributed by atoms with van der Waals surface area (Å²) in [6.45, 7) is 5.80. The number of carbonyl (C=O) groups is 1. The summed E-state index contributed by atoms with van der Waals surface area (Å²) in [5.41, 5.74) is 1.33. The molecule has 1 fully saturated rings. The van der Waals surface area contributed by atoms with Gasteiger partial charge in [-0.25, -0.2) is 4.98 Å². The zero-order valence-corrected chi connectivity index (χ0v) is 16.3. The van der Waals surface area contributed by atoms with Gasteiger partial charge in [0.2, 0.25) is 5.95 Å². The maximum atomic E-state index is 13.3. The largest absolute Gasteiger partial charge is 0.489 e. The number of carbonyl (C=O) groups excluding carboxylic acids is 1. The Hall–Kier alpha value is -2.87. The van der Waals surface area contributed by atoms with Gasteiger partial charge in [0.25, 0.3) is 5.91 Å². The number of nitrogens with zero attached hydrogens (tertiary/aromatic N) is 4. The minimum absolute atomic E-state index is 0.0953. The smallest absolute Gasteiger partial charge is 0.263 e. The van der Waals surface area contributed by atoms with Crippen LogP contribution in [-0.4, -0.2) is 61.8 Å². The number of nitrogens with one attached hydrogen (secondary N) is 2. The molecular weight excluding hydrogens is 356 g/mol. The average molecular weight is 382 g/mol. The highest BCUT2D eigenvalue weighted by Crippen LogP contribution is 2.28. The van der Waals surface area contributed by atoms with E-state index in [1.165, 1.54) is 0 Å². The molecule has 2 N–H and O–H groups in total. The summed E-state index contributed by atoms with van der Waals surface area (Å²) in [5, 5.41) is 6.40. The molecule has 0 saturated carbocycles. The third-order valence-corrected chi connectivity index (χ3v) is 5.05. The number of benzene rings is 1. The molecular formula is C20H26N6O2. The highest BCUT2D eigenvalue weighted by atomic mass is 16.5. The van der Waals surface area contributed by atoms with Crippen LogP contribution in [0.15, 0.2) is 30.5 Å². The lowest BCUT2D eigenvalue weighted by molar-refractivity contribution is 0.0989. The van der Waals surface area contributed by atoms with Crippen molar-refractivity contribution in [3.8, 4) is 5.75 Å². The molecule has 0 aliphatic carbocycles. The second-order valence-corrected chi connectivity index (χ2v) is 7.07. The van der Waals surface area contributed by atoms with Crippen molar-refractivity contribution < 1.29 is 9.53 Å². The standard InChI is InChI=1S/C20H26N6O2/c1-3-22-20-23-13-17-18(24-20)25(2)9-10-26(19(17)27)14-5-4-6-15(11-14)28-16-7-8-21-12-16/h4-6,11,13,16,21H,3,7-10,12H2,1-2H3,(H,22,23,24). The maximum Gasteiger partial charge on any atom is 0.263 e. The fraction of sp³-hybridized carbons (Fsp3) is 0.450. The van der Waals surface area contributed by atoms with Crippen molar-refractivity contribution in [3.63, 3.8) is 0 Å². The monoisotopic (exact) mass is 382 g/mol. The molecule has 8 heteroatoms. The van der Waals surface area contributed by atoms with Crippen LogP contribution in [0.2, 0.25) is 0 Å². The van der Waals surface area contributed by atoms with E-state index in [9.17, 15) is 4.79 Å². The quantitative estimate of drug-likeness (QED) is 0.815. The summed E-state index contributed by atoms with van der Waals surface area (Å²) in [5.74, 6) is 1.88. The Bertz CT molecular complexity index is 852. The third-order valence-electron chi connectivity index (χ3n) is 5.05. The topological polar surface area (TPSA) is 82.6 Å². The Morgan fingerprint density at radius 3 is 3.04 bits per heavy atom. The van der Waals surface area contributed by atoms with Gasteiger partial charge >= 0.3 is 0 Å². The number of fused-ring (bicyclic) bond motifs is 1. The summed E-state index contributed by atoms with van der Waals surface area (Å²) in [4.78, 5) is 25.9. The molecule has 8 nitrogen and oxygen atoms in total. The lowest BCUT2D eigenvalue weighted by Gasteiger charge is -2.22. The number of hydrogen-bond donors (Lipinski definition) is 2. The molecule has 1 atom stereocenters. The normalized spacial score (nSPS) is 19.4. The molecule has 4 rings (SSSR count). The van der Waals surface area contributed by atoms with Gasteiger partial charge < -0.3 is 25.2 Å². The van der Waals surface area contributed by atoms with Crippen LogP contribution in [0.25, 0.3) is 0 Å². The minimum atomic E-state index is -0.0953. The van der Waals surface area contributed by atoms with Gasteiger partial charge in [-0.2, -0.15) is 4.98 Å².